The van der Waals surface area contributed by atoms with Crippen LogP contribution in [0.5, 0.6) is 0 Å². The summed E-state index contributed by atoms with van der Waals surface area (Å²) in [5.41, 5.74) is 7.22. The minimum Gasteiger partial charge on any atom is -0.355 e. The van der Waals surface area contributed by atoms with Gasteiger partial charge in [0.25, 0.3) is 0 Å². The van der Waals surface area contributed by atoms with E-state index in [1.807, 2.05) is 0 Å². The number of nitrogens with zero attached hydrogens (tertiary/aromatic N) is 5. The number of hydrogen-bond donors (Lipinski definition) is 1. The Labute approximate surface area is 145 Å². The topological polar surface area (TPSA) is 61.5 Å². The smallest absolute Gasteiger partial charge is 0.227 e. The first kappa shape index (κ1) is 16.1. The van der Waals surface area contributed by atoms with Crippen molar-refractivity contribution in [2.75, 3.05) is 56.1 Å². The van der Waals surface area contributed by atoms with Crippen LogP contribution in [0.3, 0.4) is 0 Å². The zero-order valence-electron chi connectivity index (χ0n) is 14.8. The maximum Gasteiger partial charge on any atom is 0.227 e. The Morgan fingerprint density at radius 3 is 2.42 bits per heavy atom. The highest BCUT2D eigenvalue weighted by atomic mass is 15.3. The average Bonchev–Trinajstić information content (AvgIpc) is 3.01. The van der Waals surface area contributed by atoms with Gasteiger partial charge >= 0.3 is 0 Å². The van der Waals surface area contributed by atoms with Crippen LogP contribution < -0.4 is 15.5 Å². The summed E-state index contributed by atoms with van der Waals surface area (Å²) in [6, 6.07) is 2.59. The minimum atomic E-state index is 0.357. The summed E-state index contributed by atoms with van der Waals surface area (Å²) >= 11 is 0. The number of nitrogens with two attached hydrogens (primary N) is 1. The van der Waals surface area contributed by atoms with Crippen LogP contribution in [0.25, 0.3) is 0 Å². The molecule has 4 rings (SSSR count). The highest BCUT2D eigenvalue weighted by molar-refractivity contribution is 5.47. The van der Waals surface area contributed by atoms with Gasteiger partial charge in [0.2, 0.25) is 5.95 Å². The van der Waals surface area contributed by atoms with E-state index in [0.29, 0.717) is 12.0 Å². The van der Waals surface area contributed by atoms with Gasteiger partial charge in [0.1, 0.15) is 5.82 Å². The molecule has 1 saturated carbocycles. The Morgan fingerprint density at radius 2 is 1.67 bits per heavy atom. The lowest BCUT2D eigenvalue weighted by Gasteiger charge is -2.33. The molecule has 0 atom stereocenters. The van der Waals surface area contributed by atoms with Crippen LogP contribution in [0.1, 0.15) is 43.7 Å². The molecule has 1 aromatic rings. The predicted octanol–water partition coefficient (Wildman–Crippen LogP) is 1.42. The third-order valence-electron chi connectivity index (χ3n) is 5.75. The molecule has 0 radical (unpaired) electrons. The Kier molecular flexibility index (Phi) is 4.59. The maximum absolute atomic E-state index is 6.01. The largest absolute Gasteiger partial charge is 0.355 e. The van der Waals surface area contributed by atoms with Gasteiger partial charge in [-0.25, -0.2) is 4.98 Å². The molecule has 2 N–H and O–H groups in total. The van der Waals surface area contributed by atoms with E-state index in [2.05, 4.69) is 27.8 Å². The molecule has 0 aromatic carbocycles. The van der Waals surface area contributed by atoms with Crippen LogP contribution in [0.2, 0.25) is 0 Å². The summed E-state index contributed by atoms with van der Waals surface area (Å²) in [4.78, 5) is 17.1. The lowest BCUT2D eigenvalue weighted by atomic mass is 9.78. The Balaban J connectivity index is 1.61. The van der Waals surface area contributed by atoms with E-state index in [1.54, 1.807) is 0 Å². The molecule has 1 aromatic heterocycles. The summed E-state index contributed by atoms with van der Waals surface area (Å²) in [5, 5.41) is 0. The van der Waals surface area contributed by atoms with Gasteiger partial charge in [0.05, 0.1) is 5.69 Å². The fourth-order valence-electron chi connectivity index (χ4n) is 4.05. The second-order valence-electron chi connectivity index (χ2n) is 7.72. The summed E-state index contributed by atoms with van der Waals surface area (Å²) < 4.78 is 0. The summed E-state index contributed by atoms with van der Waals surface area (Å²) in [7, 11) is 2.21. The molecule has 3 heterocycles. The predicted molar refractivity (Wildman–Crippen MR) is 97.8 cm³/mol. The molecule has 0 spiro atoms. The van der Waals surface area contributed by atoms with Crippen molar-refractivity contribution in [3.05, 3.63) is 11.8 Å². The van der Waals surface area contributed by atoms with Crippen LogP contribution >= 0.6 is 0 Å². The number of hydrogen-bond acceptors (Lipinski definition) is 6. The first-order valence-corrected chi connectivity index (χ1v) is 9.52. The molecule has 132 valence electrons. The van der Waals surface area contributed by atoms with Gasteiger partial charge in [-0.05, 0) is 45.7 Å². The molecular weight excluding hydrogens is 300 g/mol. The van der Waals surface area contributed by atoms with Gasteiger partial charge in [-0.15, -0.1) is 0 Å². The molecule has 2 aliphatic heterocycles. The van der Waals surface area contributed by atoms with Crippen molar-refractivity contribution in [1.82, 2.24) is 14.9 Å². The van der Waals surface area contributed by atoms with Crippen molar-refractivity contribution in [1.29, 1.82) is 0 Å². The van der Waals surface area contributed by atoms with E-state index in [0.717, 1.165) is 57.3 Å². The van der Waals surface area contributed by atoms with Crippen LogP contribution in [0.4, 0.5) is 11.8 Å². The van der Waals surface area contributed by atoms with E-state index >= 15 is 0 Å². The standard InChI is InChI=1S/C18H30N6/c1-22-5-4-8-23(10-9-22)17-13-16(14-11-15(19)12-14)20-18(21-17)24-6-2-3-7-24/h13-15H,2-12,19H2,1H3. The van der Waals surface area contributed by atoms with Crippen molar-refractivity contribution < 1.29 is 0 Å². The third kappa shape index (κ3) is 3.35. The first-order valence-electron chi connectivity index (χ1n) is 9.52. The summed E-state index contributed by atoms with van der Waals surface area (Å²) in [6.45, 7) is 6.60. The molecule has 1 aliphatic carbocycles. The fourth-order valence-corrected chi connectivity index (χ4v) is 4.05. The van der Waals surface area contributed by atoms with Crippen LogP contribution in [0, 0.1) is 0 Å². The quantitative estimate of drug-likeness (QED) is 0.904. The van der Waals surface area contributed by atoms with Gasteiger partial charge in [-0.3, -0.25) is 0 Å². The molecule has 3 fully saturated rings. The molecule has 0 amide bonds. The molecule has 2 saturated heterocycles. The molecule has 3 aliphatic rings. The molecule has 0 unspecified atom stereocenters. The van der Waals surface area contributed by atoms with Crippen molar-refractivity contribution in [2.24, 2.45) is 5.73 Å². The van der Waals surface area contributed by atoms with E-state index in [9.17, 15) is 0 Å². The fraction of sp³-hybridized carbons (Fsp3) is 0.778. The lowest BCUT2D eigenvalue weighted by molar-refractivity contribution is 0.345. The van der Waals surface area contributed by atoms with Gasteiger partial charge in [-0.2, -0.15) is 4.98 Å². The highest BCUT2D eigenvalue weighted by Crippen LogP contribution is 2.36. The van der Waals surface area contributed by atoms with Crippen molar-refractivity contribution >= 4 is 11.8 Å². The normalized spacial score (nSPS) is 28.8. The molecule has 0 bridgehead atoms. The number of anilines is 2. The lowest BCUT2D eigenvalue weighted by Crippen LogP contribution is -2.36. The van der Waals surface area contributed by atoms with Crippen molar-refractivity contribution in [3.63, 3.8) is 0 Å². The summed E-state index contributed by atoms with van der Waals surface area (Å²) in [5.74, 6) is 2.59. The van der Waals surface area contributed by atoms with Gasteiger partial charge in [0, 0.05) is 50.7 Å². The van der Waals surface area contributed by atoms with Gasteiger partial charge < -0.3 is 20.4 Å². The van der Waals surface area contributed by atoms with Crippen molar-refractivity contribution in [3.8, 4) is 0 Å². The Bertz CT molecular complexity index is 565. The third-order valence-corrected chi connectivity index (χ3v) is 5.75. The summed E-state index contributed by atoms with van der Waals surface area (Å²) in [6.07, 6.45) is 5.85. The molecule has 6 heteroatoms. The molecule has 6 nitrogen and oxygen atoms in total. The Morgan fingerprint density at radius 1 is 0.917 bits per heavy atom. The van der Waals surface area contributed by atoms with E-state index < -0.39 is 0 Å². The van der Waals surface area contributed by atoms with E-state index in [-0.39, 0.29) is 0 Å². The van der Waals surface area contributed by atoms with Gasteiger partial charge in [-0.1, -0.05) is 0 Å². The number of rotatable bonds is 3. The van der Waals surface area contributed by atoms with E-state index in [1.165, 1.54) is 31.5 Å². The molecular formula is C18H30N6. The Hall–Kier alpha value is -1.40. The number of likely N-dealkylation sites (N-methyl/N-ethyl adjacent to an activating group) is 1. The zero-order valence-corrected chi connectivity index (χ0v) is 14.8. The van der Waals surface area contributed by atoms with E-state index in [4.69, 9.17) is 15.7 Å². The monoisotopic (exact) mass is 330 g/mol. The SMILES string of the molecule is CN1CCCN(c2cc(C3CC(N)C3)nc(N3CCCC3)n2)CC1. The maximum atomic E-state index is 6.01. The highest BCUT2D eigenvalue weighted by Gasteiger charge is 2.30. The van der Waals surface area contributed by atoms with Gasteiger partial charge in [0.15, 0.2) is 0 Å². The van der Waals surface area contributed by atoms with Crippen LogP contribution in [0.15, 0.2) is 6.07 Å². The zero-order chi connectivity index (χ0) is 16.5. The van der Waals surface area contributed by atoms with Crippen LogP contribution in [-0.2, 0) is 0 Å². The van der Waals surface area contributed by atoms with Crippen molar-refractivity contribution in [2.45, 2.75) is 44.1 Å². The second kappa shape index (κ2) is 6.84. The number of aromatic nitrogens is 2. The second-order valence-corrected chi connectivity index (χ2v) is 7.72. The first-order chi connectivity index (χ1) is 11.7. The van der Waals surface area contributed by atoms with Crippen LogP contribution in [-0.4, -0.2) is 67.2 Å². The molecule has 24 heavy (non-hydrogen) atoms. The average molecular weight is 330 g/mol. The minimum absolute atomic E-state index is 0.357.